The Labute approximate surface area is 187 Å². The van der Waals surface area contributed by atoms with Gasteiger partial charge in [-0.1, -0.05) is 13.3 Å². The number of alkyl halides is 17. The highest BCUT2D eigenvalue weighted by molar-refractivity contribution is 6.44. The van der Waals surface area contributed by atoms with E-state index in [0.717, 1.165) is 6.92 Å². The van der Waals surface area contributed by atoms with E-state index in [1.807, 2.05) is 0 Å². The highest BCUT2D eigenvalue weighted by atomic mass is 28.3. The zero-order valence-corrected chi connectivity index (χ0v) is 18.7. The van der Waals surface area contributed by atoms with Crippen LogP contribution < -0.4 is 0 Å². The van der Waals surface area contributed by atoms with Crippen molar-refractivity contribution < 1.29 is 83.5 Å². The summed E-state index contributed by atoms with van der Waals surface area (Å²) in [4.78, 5) is 0. The van der Waals surface area contributed by atoms with E-state index in [-0.39, 0.29) is 0 Å². The van der Waals surface area contributed by atoms with Crippen molar-refractivity contribution in [1.82, 2.24) is 0 Å². The molecule has 0 aliphatic rings. The molecule has 0 saturated heterocycles. The van der Waals surface area contributed by atoms with Crippen molar-refractivity contribution in [2.75, 3.05) is 14.2 Å². The fourth-order valence-electron chi connectivity index (χ4n) is 2.46. The van der Waals surface area contributed by atoms with Crippen LogP contribution in [-0.4, -0.2) is 77.1 Å². The standard InChI is InChI=1S/C15H17F17O2Si/c1-4-5-7(16)9(19,20)11(23,24)13(27,28)15(31,32)14(29,30)12(25,26)10(21,22)8(17,18)6-35(33-2)34-3/h7,35H,4-6H2,1-3H3. The van der Waals surface area contributed by atoms with Crippen LogP contribution in [0.5, 0.6) is 0 Å². The second-order valence-corrected chi connectivity index (χ2v) is 9.35. The lowest BCUT2D eigenvalue weighted by Gasteiger charge is -2.44. The molecule has 0 aromatic carbocycles. The Morgan fingerprint density at radius 1 is 0.571 bits per heavy atom. The zero-order chi connectivity index (χ0) is 28.7. The highest BCUT2D eigenvalue weighted by Gasteiger charge is 2.95. The molecule has 0 N–H and O–H groups in total. The molecule has 1 unspecified atom stereocenters. The van der Waals surface area contributed by atoms with E-state index in [2.05, 4.69) is 8.85 Å². The van der Waals surface area contributed by atoms with Gasteiger partial charge in [-0.05, 0) is 6.42 Å². The molecule has 0 heterocycles. The highest BCUT2D eigenvalue weighted by Crippen LogP contribution is 2.64. The first-order valence-corrected chi connectivity index (χ1v) is 10.7. The minimum Gasteiger partial charge on any atom is -0.400 e. The van der Waals surface area contributed by atoms with Crippen LogP contribution in [0.4, 0.5) is 74.6 Å². The monoisotopic (exact) mass is 580 g/mol. The maximum Gasteiger partial charge on any atom is 0.385 e. The van der Waals surface area contributed by atoms with Crippen LogP contribution in [0.1, 0.15) is 19.8 Å². The molecule has 0 bridgehead atoms. The minimum absolute atomic E-state index is 0.495. The Bertz CT molecular complexity index is 708. The molecule has 0 radical (unpaired) electrons. The van der Waals surface area contributed by atoms with Crippen LogP contribution in [0, 0.1) is 0 Å². The average Bonchev–Trinajstić information content (AvgIpc) is 2.70. The average molecular weight is 580 g/mol. The fraction of sp³-hybridized carbons (Fsp3) is 1.00. The summed E-state index contributed by atoms with van der Waals surface area (Å²) in [5.74, 6) is -62.7. The predicted molar refractivity (Wildman–Crippen MR) is 85.4 cm³/mol. The normalized spacial score (nSPS) is 16.7. The van der Waals surface area contributed by atoms with Crippen LogP contribution in [0.15, 0.2) is 0 Å². The van der Waals surface area contributed by atoms with Crippen molar-refractivity contribution in [3.8, 4) is 0 Å². The molecule has 20 heteroatoms. The fourth-order valence-corrected chi connectivity index (χ4v) is 3.66. The second kappa shape index (κ2) is 10.0. The van der Waals surface area contributed by atoms with Gasteiger partial charge in [-0.25, -0.2) is 4.39 Å². The van der Waals surface area contributed by atoms with Crippen LogP contribution in [-0.2, 0) is 8.85 Å². The Balaban J connectivity index is 6.75. The topological polar surface area (TPSA) is 18.5 Å². The molecule has 212 valence electrons. The van der Waals surface area contributed by atoms with E-state index in [0.29, 0.717) is 14.2 Å². The molecule has 0 aliphatic carbocycles. The van der Waals surface area contributed by atoms with Crippen molar-refractivity contribution in [3.63, 3.8) is 0 Å². The number of halogens is 17. The Morgan fingerprint density at radius 2 is 0.886 bits per heavy atom. The van der Waals surface area contributed by atoms with Gasteiger partial charge in [0, 0.05) is 14.2 Å². The number of rotatable bonds is 14. The molecule has 2 nitrogen and oxygen atoms in total. The summed E-state index contributed by atoms with van der Waals surface area (Å²) in [5, 5.41) is 0. The van der Waals surface area contributed by atoms with Gasteiger partial charge in [0.15, 0.2) is 6.17 Å². The molecule has 0 aromatic rings. The molecule has 0 rings (SSSR count). The molecule has 0 saturated carbocycles. The smallest absolute Gasteiger partial charge is 0.385 e. The van der Waals surface area contributed by atoms with Gasteiger partial charge in [-0.2, -0.15) is 70.2 Å². The first-order valence-electron chi connectivity index (χ1n) is 8.95. The van der Waals surface area contributed by atoms with Gasteiger partial charge in [0.05, 0.1) is 6.04 Å². The molecule has 1 atom stereocenters. The molecular weight excluding hydrogens is 563 g/mol. The summed E-state index contributed by atoms with van der Waals surface area (Å²) >= 11 is 0. The summed E-state index contributed by atoms with van der Waals surface area (Å²) in [6.45, 7) is 0.797. The summed E-state index contributed by atoms with van der Waals surface area (Å²) in [6, 6.07) is -2.64. The predicted octanol–water partition coefficient (Wildman–Crippen LogP) is 6.72. The van der Waals surface area contributed by atoms with E-state index >= 15 is 0 Å². The quantitative estimate of drug-likeness (QED) is 0.168. The van der Waals surface area contributed by atoms with E-state index in [9.17, 15) is 74.6 Å². The summed E-state index contributed by atoms with van der Waals surface area (Å²) in [7, 11) is -3.10. The molecule has 35 heavy (non-hydrogen) atoms. The third kappa shape index (κ3) is 4.94. The zero-order valence-electron chi connectivity index (χ0n) is 17.5. The lowest BCUT2D eigenvalue weighted by molar-refractivity contribution is -0.454. The largest absolute Gasteiger partial charge is 0.400 e. The van der Waals surface area contributed by atoms with E-state index in [1.54, 1.807) is 0 Å². The van der Waals surface area contributed by atoms with Gasteiger partial charge < -0.3 is 8.85 Å². The van der Waals surface area contributed by atoms with Crippen molar-refractivity contribution >= 4 is 9.28 Å². The SMILES string of the molecule is CCCC(F)C(F)(F)C(F)(F)C(F)(F)C(F)(F)C(F)(F)C(F)(F)C(F)(F)C(F)(F)C[SiH](OC)OC. The molecule has 0 fully saturated rings. The van der Waals surface area contributed by atoms with Crippen molar-refractivity contribution in [2.45, 2.75) is 79.4 Å². The van der Waals surface area contributed by atoms with E-state index in [4.69, 9.17) is 0 Å². The Hall–Kier alpha value is -1.05. The molecular formula is C15H17F17O2Si. The summed E-state index contributed by atoms with van der Waals surface area (Å²) in [5.41, 5.74) is 0. The van der Waals surface area contributed by atoms with Crippen molar-refractivity contribution in [2.24, 2.45) is 0 Å². The lowest BCUT2D eigenvalue weighted by atomic mass is 9.86. The van der Waals surface area contributed by atoms with E-state index < -0.39 is 81.7 Å². The van der Waals surface area contributed by atoms with Crippen molar-refractivity contribution in [3.05, 3.63) is 0 Å². The van der Waals surface area contributed by atoms with Crippen molar-refractivity contribution in [1.29, 1.82) is 0 Å². The Morgan fingerprint density at radius 3 is 1.20 bits per heavy atom. The van der Waals surface area contributed by atoms with E-state index in [1.165, 1.54) is 0 Å². The summed E-state index contributed by atoms with van der Waals surface area (Å²) < 4.78 is 240. The molecule has 0 aliphatic heterocycles. The maximum atomic E-state index is 13.8. The Kier molecular flexibility index (Phi) is 9.71. The number of hydrogen-bond acceptors (Lipinski definition) is 2. The van der Waals surface area contributed by atoms with Gasteiger partial charge in [0.1, 0.15) is 0 Å². The first-order chi connectivity index (χ1) is 15.2. The van der Waals surface area contributed by atoms with Gasteiger partial charge in [-0.15, -0.1) is 0 Å². The lowest BCUT2D eigenvalue weighted by Crippen LogP contribution is -2.75. The molecule has 0 amide bonds. The van der Waals surface area contributed by atoms with Gasteiger partial charge >= 0.3 is 56.7 Å². The molecule has 0 spiro atoms. The van der Waals surface area contributed by atoms with Gasteiger partial charge in [-0.3, -0.25) is 0 Å². The van der Waals surface area contributed by atoms with Crippen LogP contribution in [0.25, 0.3) is 0 Å². The van der Waals surface area contributed by atoms with Crippen LogP contribution in [0.2, 0.25) is 6.04 Å². The van der Waals surface area contributed by atoms with Crippen LogP contribution >= 0.6 is 0 Å². The van der Waals surface area contributed by atoms with Crippen LogP contribution in [0.3, 0.4) is 0 Å². The maximum absolute atomic E-state index is 13.8. The molecule has 0 aromatic heterocycles. The minimum atomic E-state index is -8.57. The first kappa shape index (κ1) is 33.9. The third-order valence-electron chi connectivity index (χ3n) is 4.73. The van der Waals surface area contributed by atoms with Gasteiger partial charge in [0.2, 0.25) is 0 Å². The summed E-state index contributed by atoms with van der Waals surface area (Å²) in [6.07, 6.45) is -6.99. The third-order valence-corrected chi connectivity index (χ3v) is 6.63. The second-order valence-electron chi connectivity index (χ2n) is 7.14. The van der Waals surface area contributed by atoms with Gasteiger partial charge in [0.25, 0.3) is 0 Å². The number of hydrogen-bond donors (Lipinski definition) is 0.